The first-order chi connectivity index (χ1) is 16.6. The maximum absolute atomic E-state index is 12.6. The topological polar surface area (TPSA) is 88.9 Å². The normalized spacial score (nSPS) is 10.9. The Bertz CT molecular complexity index is 1320. The van der Waals surface area contributed by atoms with E-state index < -0.39 is 0 Å². The summed E-state index contributed by atoms with van der Waals surface area (Å²) in [6.45, 7) is 4.63. The standard InChI is InChI=1S/C26H27N5O2S/c1-3-18-9-7-8-12-22(18)28-24(32)16-23-29-30-26(31(23)4-2)34-17-25(33)27-21-14-13-19-10-5-6-11-20(19)15-21/h5-15H,3-4,16-17H2,1-2H3,(H,27,33)(H,28,32). The Morgan fingerprint density at radius 2 is 1.65 bits per heavy atom. The molecule has 0 spiro atoms. The predicted octanol–water partition coefficient (Wildman–Crippen LogP) is 4.93. The summed E-state index contributed by atoms with van der Waals surface area (Å²) in [5, 5.41) is 17.1. The Morgan fingerprint density at radius 3 is 2.44 bits per heavy atom. The lowest BCUT2D eigenvalue weighted by Gasteiger charge is -2.10. The van der Waals surface area contributed by atoms with Crippen LogP contribution in [0.4, 0.5) is 11.4 Å². The molecule has 1 aromatic heterocycles. The van der Waals surface area contributed by atoms with E-state index in [1.807, 2.05) is 78.2 Å². The number of carbonyl (C=O) groups excluding carboxylic acids is 2. The van der Waals surface area contributed by atoms with Crippen LogP contribution in [0.5, 0.6) is 0 Å². The van der Waals surface area contributed by atoms with Gasteiger partial charge in [-0.05, 0) is 47.9 Å². The first-order valence-electron chi connectivity index (χ1n) is 11.3. The smallest absolute Gasteiger partial charge is 0.234 e. The summed E-state index contributed by atoms with van der Waals surface area (Å²) in [7, 11) is 0. The monoisotopic (exact) mass is 473 g/mol. The van der Waals surface area contributed by atoms with Gasteiger partial charge in [-0.25, -0.2) is 0 Å². The van der Waals surface area contributed by atoms with Gasteiger partial charge in [0.1, 0.15) is 5.82 Å². The van der Waals surface area contributed by atoms with Crippen LogP contribution in [0, 0.1) is 0 Å². The first kappa shape index (κ1) is 23.5. The second kappa shape index (κ2) is 11.0. The van der Waals surface area contributed by atoms with E-state index in [1.165, 1.54) is 11.8 Å². The van der Waals surface area contributed by atoms with E-state index >= 15 is 0 Å². The molecular weight excluding hydrogens is 446 g/mol. The molecule has 0 unspecified atom stereocenters. The van der Waals surface area contributed by atoms with Crippen molar-refractivity contribution in [1.82, 2.24) is 14.8 Å². The van der Waals surface area contributed by atoms with Crippen molar-refractivity contribution in [3.05, 3.63) is 78.1 Å². The maximum Gasteiger partial charge on any atom is 0.234 e. The summed E-state index contributed by atoms with van der Waals surface area (Å²) < 4.78 is 1.87. The highest BCUT2D eigenvalue weighted by Crippen LogP contribution is 2.21. The molecule has 7 nitrogen and oxygen atoms in total. The molecule has 4 rings (SSSR count). The van der Waals surface area contributed by atoms with E-state index in [2.05, 4.69) is 27.8 Å². The third-order valence-electron chi connectivity index (χ3n) is 5.47. The molecule has 0 saturated carbocycles. The van der Waals surface area contributed by atoms with Crippen LogP contribution in [0.15, 0.2) is 71.9 Å². The Morgan fingerprint density at radius 1 is 0.882 bits per heavy atom. The number of fused-ring (bicyclic) bond motifs is 1. The molecule has 0 aliphatic carbocycles. The van der Waals surface area contributed by atoms with Gasteiger partial charge in [-0.3, -0.25) is 9.59 Å². The number of hydrogen-bond acceptors (Lipinski definition) is 5. The van der Waals surface area contributed by atoms with Crippen LogP contribution in [0.3, 0.4) is 0 Å². The number of nitrogens with one attached hydrogen (secondary N) is 2. The van der Waals surface area contributed by atoms with E-state index in [0.29, 0.717) is 17.5 Å². The van der Waals surface area contributed by atoms with Crippen LogP contribution in [-0.4, -0.2) is 32.3 Å². The van der Waals surface area contributed by atoms with E-state index in [1.54, 1.807) is 0 Å². The Balaban J connectivity index is 1.36. The van der Waals surface area contributed by atoms with Gasteiger partial charge in [0.15, 0.2) is 5.16 Å². The lowest BCUT2D eigenvalue weighted by Crippen LogP contribution is -2.18. The molecule has 0 aliphatic rings. The molecular formula is C26H27N5O2S. The fraction of sp³-hybridized carbons (Fsp3) is 0.231. The van der Waals surface area contributed by atoms with Crippen LogP contribution >= 0.6 is 11.8 Å². The highest BCUT2D eigenvalue weighted by molar-refractivity contribution is 7.99. The van der Waals surface area contributed by atoms with Crippen molar-refractivity contribution in [2.75, 3.05) is 16.4 Å². The van der Waals surface area contributed by atoms with Crippen molar-refractivity contribution in [1.29, 1.82) is 0 Å². The van der Waals surface area contributed by atoms with Crippen molar-refractivity contribution in [2.24, 2.45) is 0 Å². The number of nitrogens with zero attached hydrogens (tertiary/aromatic N) is 3. The molecule has 8 heteroatoms. The molecule has 34 heavy (non-hydrogen) atoms. The average molecular weight is 474 g/mol. The summed E-state index contributed by atoms with van der Waals surface area (Å²) in [5.41, 5.74) is 2.66. The van der Waals surface area contributed by atoms with Crippen molar-refractivity contribution in [2.45, 2.75) is 38.4 Å². The predicted molar refractivity (Wildman–Crippen MR) is 137 cm³/mol. The van der Waals surface area contributed by atoms with Crippen LogP contribution in [0.2, 0.25) is 0 Å². The Kier molecular flexibility index (Phi) is 7.59. The molecule has 0 bridgehead atoms. The molecule has 0 aliphatic heterocycles. The quantitative estimate of drug-likeness (QED) is 0.337. The number of amides is 2. The zero-order valence-electron chi connectivity index (χ0n) is 19.2. The molecule has 2 amide bonds. The molecule has 0 saturated heterocycles. The summed E-state index contributed by atoms with van der Waals surface area (Å²) in [6, 6.07) is 21.6. The maximum atomic E-state index is 12.6. The molecule has 0 fully saturated rings. The number of benzene rings is 3. The number of anilines is 2. The van der Waals surface area contributed by atoms with Gasteiger partial charge >= 0.3 is 0 Å². The molecule has 3 aromatic carbocycles. The number of hydrogen-bond donors (Lipinski definition) is 2. The molecule has 1 heterocycles. The highest BCUT2D eigenvalue weighted by Gasteiger charge is 2.16. The molecule has 0 radical (unpaired) electrons. The largest absolute Gasteiger partial charge is 0.325 e. The lowest BCUT2D eigenvalue weighted by molar-refractivity contribution is -0.116. The Labute approximate surface area is 203 Å². The van der Waals surface area contributed by atoms with Crippen LogP contribution in [0.1, 0.15) is 25.2 Å². The summed E-state index contributed by atoms with van der Waals surface area (Å²) in [6.07, 6.45) is 0.951. The number of rotatable bonds is 9. The lowest BCUT2D eigenvalue weighted by atomic mass is 10.1. The first-order valence-corrected chi connectivity index (χ1v) is 12.3. The molecule has 2 N–H and O–H groups in total. The minimum atomic E-state index is -0.145. The van der Waals surface area contributed by atoms with E-state index in [0.717, 1.165) is 34.1 Å². The third kappa shape index (κ3) is 5.63. The second-order valence-electron chi connectivity index (χ2n) is 7.78. The third-order valence-corrected chi connectivity index (χ3v) is 6.43. The van der Waals surface area contributed by atoms with Gasteiger partial charge in [0.05, 0.1) is 12.2 Å². The van der Waals surface area contributed by atoms with Crippen molar-refractivity contribution < 1.29 is 9.59 Å². The van der Waals surface area contributed by atoms with Crippen molar-refractivity contribution in [3.8, 4) is 0 Å². The van der Waals surface area contributed by atoms with Gasteiger partial charge < -0.3 is 15.2 Å². The van der Waals surface area contributed by atoms with Gasteiger partial charge in [-0.15, -0.1) is 10.2 Å². The fourth-order valence-corrected chi connectivity index (χ4v) is 4.58. The summed E-state index contributed by atoms with van der Waals surface area (Å²) >= 11 is 1.31. The SMILES string of the molecule is CCc1ccccc1NC(=O)Cc1nnc(SCC(=O)Nc2ccc3ccccc3c2)n1CC. The zero-order chi connectivity index (χ0) is 23.9. The minimum Gasteiger partial charge on any atom is -0.325 e. The Hall–Kier alpha value is -3.65. The number of carbonyl (C=O) groups is 2. The average Bonchev–Trinajstić information content (AvgIpc) is 3.24. The van der Waals surface area contributed by atoms with Crippen molar-refractivity contribution >= 4 is 45.7 Å². The van der Waals surface area contributed by atoms with Crippen LogP contribution in [0.25, 0.3) is 10.8 Å². The van der Waals surface area contributed by atoms with Gasteiger partial charge in [-0.2, -0.15) is 0 Å². The van der Waals surface area contributed by atoms with Gasteiger partial charge in [0.25, 0.3) is 0 Å². The van der Waals surface area contributed by atoms with Crippen LogP contribution in [-0.2, 0) is 29.0 Å². The second-order valence-corrected chi connectivity index (χ2v) is 8.72. The van der Waals surface area contributed by atoms with E-state index in [-0.39, 0.29) is 24.0 Å². The minimum absolute atomic E-state index is 0.114. The zero-order valence-corrected chi connectivity index (χ0v) is 20.1. The van der Waals surface area contributed by atoms with Crippen LogP contribution < -0.4 is 10.6 Å². The van der Waals surface area contributed by atoms with Gasteiger partial charge in [0, 0.05) is 17.9 Å². The molecule has 0 atom stereocenters. The molecule has 174 valence electrons. The van der Waals surface area contributed by atoms with Crippen molar-refractivity contribution in [3.63, 3.8) is 0 Å². The van der Waals surface area contributed by atoms with E-state index in [4.69, 9.17) is 0 Å². The number of aromatic nitrogens is 3. The summed E-state index contributed by atoms with van der Waals surface area (Å²) in [4.78, 5) is 25.1. The van der Waals surface area contributed by atoms with Gasteiger partial charge in [-0.1, -0.05) is 67.2 Å². The fourth-order valence-electron chi connectivity index (χ4n) is 3.76. The molecule has 4 aromatic rings. The number of para-hydroxylation sites is 1. The summed E-state index contributed by atoms with van der Waals surface area (Å²) in [5.74, 6) is 0.502. The number of aryl methyl sites for hydroxylation is 1. The highest BCUT2D eigenvalue weighted by atomic mass is 32.2. The van der Waals surface area contributed by atoms with Gasteiger partial charge in [0.2, 0.25) is 11.8 Å². The number of thioether (sulfide) groups is 1. The van der Waals surface area contributed by atoms with E-state index in [9.17, 15) is 9.59 Å².